The predicted octanol–water partition coefficient (Wildman–Crippen LogP) is 8.60. The van der Waals surface area contributed by atoms with Gasteiger partial charge in [0.2, 0.25) is 0 Å². The molecule has 0 fully saturated rings. The van der Waals surface area contributed by atoms with Crippen LogP contribution in [0.4, 0.5) is 0 Å². The maximum Gasteiger partial charge on any atom is 0.0105 e. The highest BCUT2D eigenvalue weighted by molar-refractivity contribution is 5.92. The number of rotatable bonds is 3. The molecule has 3 aliphatic carbocycles. The van der Waals surface area contributed by atoms with Crippen molar-refractivity contribution in [2.24, 2.45) is 5.92 Å². The van der Waals surface area contributed by atoms with E-state index in [-0.39, 0.29) is 0 Å². The van der Waals surface area contributed by atoms with E-state index in [4.69, 9.17) is 0 Å². The minimum absolute atomic E-state index is 0.415. The molecule has 0 bridgehead atoms. The standard InChI is InChI=1S/C40H32/c1-2-13-29-25-32(24-23-27(29)11-1)40-37-20-7-5-18-35(37)39(36-19-6-8-21-38(36)40)31-16-9-15-30(26-31)34-22-10-14-28-12-3-4-17-33(28)34/h1-3,5,7,9-16,18-20,22-26,38H,4,6,8,17,21H2. The summed E-state index contributed by atoms with van der Waals surface area (Å²) in [4.78, 5) is 0. The maximum absolute atomic E-state index is 2.54. The SMILES string of the molecule is C1=Cc2cccc(-c3cccc(C4=c5ccccc5=C(c5ccc6ccccc6c5)C5CCCC=C45)c3)c2CC1. The fraction of sp³-hybridized carbons (Fsp3) is 0.150. The quantitative estimate of drug-likeness (QED) is 0.227. The number of allylic oxidation sites excluding steroid dienone is 3. The molecular formula is C40H32. The molecule has 0 heteroatoms. The molecule has 0 N–H and O–H groups in total. The van der Waals surface area contributed by atoms with Crippen LogP contribution in [-0.2, 0) is 6.42 Å². The number of fused-ring (bicyclic) bond motifs is 4. The Morgan fingerprint density at radius 2 is 1.43 bits per heavy atom. The molecule has 0 radical (unpaired) electrons. The second kappa shape index (κ2) is 9.65. The predicted molar refractivity (Wildman–Crippen MR) is 169 cm³/mol. The average Bonchev–Trinajstić information content (AvgIpc) is 3.03. The Morgan fingerprint density at radius 3 is 2.38 bits per heavy atom. The molecule has 1 unspecified atom stereocenters. The van der Waals surface area contributed by atoms with Crippen LogP contribution < -0.4 is 10.4 Å². The first-order valence-corrected chi connectivity index (χ1v) is 14.8. The Morgan fingerprint density at radius 1 is 0.600 bits per heavy atom. The molecule has 0 heterocycles. The van der Waals surface area contributed by atoms with Crippen molar-refractivity contribution in [2.45, 2.75) is 32.1 Å². The Labute approximate surface area is 236 Å². The third-order valence-corrected chi connectivity index (χ3v) is 9.15. The van der Waals surface area contributed by atoms with E-state index in [0.717, 1.165) is 19.3 Å². The van der Waals surface area contributed by atoms with E-state index in [0.29, 0.717) is 5.92 Å². The van der Waals surface area contributed by atoms with Crippen molar-refractivity contribution in [1.82, 2.24) is 0 Å². The van der Waals surface area contributed by atoms with Gasteiger partial charge in [0, 0.05) is 5.92 Å². The summed E-state index contributed by atoms with van der Waals surface area (Å²) in [6, 6.07) is 41.0. The van der Waals surface area contributed by atoms with Crippen LogP contribution in [0.2, 0.25) is 0 Å². The lowest BCUT2D eigenvalue weighted by Gasteiger charge is -2.33. The number of hydrogen-bond donors (Lipinski definition) is 0. The van der Waals surface area contributed by atoms with E-state index in [9.17, 15) is 0 Å². The summed E-state index contributed by atoms with van der Waals surface area (Å²) < 4.78 is 0. The zero-order chi connectivity index (χ0) is 26.5. The van der Waals surface area contributed by atoms with Crippen LogP contribution in [-0.4, -0.2) is 0 Å². The number of benzene rings is 5. The van der Waals surface area contributed by atoms with Crippen LogP contribution in [0.1, 0.15) is 47.9 Å². The lowest BCUT2D eigenvalue weighted by Crippen LogP contribution is -2.38. The fourth-order valence-electron chi connectivity index (χ4n) is 7.36. The van der Waals surface area contributed by atoms with E-state index in [1.54, 1.807) is 0 Å². The van der Waals surface area contributed by atoms with Gasteiger partial charge in [-0.15, -0.1) is 0 Å². The Bertz CT molecular complexity index is 1980. The molecule has 0 amide bonds. The first kappa shape index (κ1) is 23.5. The van der Waals surface area contributed by atoms with Crippen molar-refractivity contribution < 1.29 is 0 Å². The van der Waals surface area contributed by atoms with Crippen molar-refractivity contribution in [1.29, 1.82) is 0 Å². The molecule has 5 aromatic carbocycles. The summed E-state index contributed by atoms with van der Waals surface area (Å²) in [6.45, 7) is 0. The molecule has 0 saturated carbocycles. The normalized spacial score (nSPS) is 17.7. The van der Waals surface area contributed by atoms with Gasteiger partial charge in [0.15, 0.2) is 0 Å². The smallest absolute Gasteiger partial charge is 0.0105 e. The molecule has 0 nitrogen and oxygen atoms in total. The molecule has 0 aromatic heterocycles. The zero-order valence-corrected chi connectivity index (χ0v) is 22.7. The van der Waals surface area contributed by atoms with Crippen molar-refractivity contribution in [3.05, 3.63) is 160 Å². The molecule has 1 atom stereocenters. The largest absolute Gasteiger partial charge is 0.0836 e. The lowest BCUT2D eigenvalue weighted by molar-refractivity contribution is 0.619. The van der Waals surface area contributed by atoms with Crippen LogP contribution >= 0.6 is 0 Å². The zero-order valence-electron chi connectivity index (χ0n) is 22.7. The molecule has 40 heavy (non-hydrogen) atoms. The first-order valence-electron chi connectivity index (χ1n) is 14.8. The second-order valence-corrected chi connectivity index (χ2v) is 11.4. The van der Waals surface area contributed by atoms with E-state index < -0.39 is 0 Å². The highest BCUT2D eigenvalue weighted by Gasteiger charge is 2.30. The Kier molecular flexibility index (Phi) is 5.66. The van der Waals surface area contributed by atoms with Crippen LogP contribution in [0.5, 0.6) is 0 Å². The summed E-state index contributed by atoms with van der Waals surface area (Å²) in [5.74, 6) is 0.415. The Hall–Kier alpha value is -4.42. The van der Waals surface area contributed by atoms with E-state index >= 15 is 0 Å². The van der Waals surface area contributed by atoms with Gasteiger partial charge in [0.25, 0.3) is 0 Å². The van der Waals surface area contributed by atoms with Gasteiger partial charge < -0.3 is 0 Å². The van der Waals surface area contributed by atoms with Crippen molar-refractivity contribution in [3.8, 4) is 11.1 Å². The summed E-state index contributed by atoms with van der Waals surface area (Å²) in [7, 11) is 0. The minimum Gasteiger partial charge on any atom is -0.0836 e. The average molecular weight is 513 g/mol. The third-order valence-electron chi connectivity index (χ3n) is 9.15. The highest BCUT2D eigenvalue weighted by Crippen LogP contribution is 2.43. The minimum atomic E-state index is 0.415. The van der Waals surface area contributed by atoms with E-state index in [2.05, 4.69) is 127 Å². The van der Waals surface area contributed by atoms with Crippen LogP contribution in [0, 0.1) is 5.92 Å². The molecule has 3 aliphatic rings. The van der Waals surface area contributed by atoms with Gasteiger partial charge in [-0.2, -0.15) is 0 Å². The maximum atomic E-state index is 2.54. The molecular weight excluding hydrogens is 480 g/mol. The third kappa shape index (κ3) is 3.82. The molecule has 5 aromatic rings. The van der Waals surface area contributed by atoms with Crippen molar-refractivity contribution >= 4 is 28.0 Å². The van der Waals surface area contributed by atoms with Gasteiger partial charge in [-0.1, -0.05) is 115 Å². The van der Waals surface area contributed by atoms with Gasteiger partial charge in [-0.25, -0.2) is 0 Å². The topological polar surface area (TPSA) is 0 Å². The summed E-state index contributed by atoms with van der Waals surface area (Å²) >= 11 is 0. The highest BCUT2D eigenvalue weighted by atomic mass is 14.3. The molecule has 0 aliphatic heterocycles. The van der Waals surface area contributed by atoms with Crippen LogP contribution in [0.15, 0.2) is 127 Å². The molecule has 192 valence electrons. The summed E-state index contributed by atoms with van der Waals surface area (Å²) in [5, 5.41) is 5.38. The molecule has 0 saturated heterocycles. The van der Waals surface area contributed by atoms with Crippen molar-refractivity contribution in [3.63, 3.8) is 0 Å². The monoisotopic (exact) mass is 512 g/mol. The van der Waals surface area contributed by atoms with Gasteiger partial charge in [-0.05, 0) is 116 Å². The first-order chi connectivity index (χ1) is 19.8. The second-order valence-electron chi connectivity index (χ2n) is 11.4. The summed E-state index contributed by atoms with van der Waals surface area (Å²) in [6.07, 6.45) is 13.0. The van der Waals surface area contributed by atoms with E-state index in [1.165, 1.54) is 84.2 Å². The number of hydrogen-bond acceptors (Lipinski definition) is 0. The van der Waals surface area contributed by atoms with Gasteiger partial charge in [-0.3, -0.25) is 0 Å². The van der Waals surface area contributed by atoms with Crippen molar-refractivity contribution in [2.75, 3.05) is 0 Å². The molecule has 0 spiro atoms. The molecule has 8 rings (SSSR count). The van der Waals surface area contributed by atoms with Gasteiger partial charge >= 0.3 is 0 Å². The Balaban J connectivity index is 1.39. The van der Waals surface area contributed by atoms with Gasteiger partial charge in [0.05, 0.1) is 0 Å². The van der Waals surface area contributed by atoms with Crippen LogP contribution in [0.3, 0.4) is 0 Å². The summed E-state index contributed by atoms with van der Waals surface area (Å²) in [5.41, 5.74) is 12.7. The fourth-order valence-corrected chi connectivity index (χ4v) is 7.36. The van der Waals surface area contributed by atoms with E-state index in [1.807, 2.05) is 0 Å². The lowest BCUT2D eigenvalue weighted by atomic mass is 9.71. The van der Waals surface area contributed by atoms with Crippen LogP contribution in [0.25, 0.3) is 39.1 Å². The van der Waals surface area contributed by atoms with Gasteiger partial charge in [0.1, 0.15) is 0 Å².